The molecule has 0 aromatic heterocycles. The molecule has 1 atom stereocenters. The lowest BCUT2D eigenvalue weighted by atomic mass is 9.44. The lowest BCUT2D eigenvalue weighted by Gasteiger charge is -2.60. The first kappa shape index (κ1) is 9.04. The van der Waals surface area contributed by atoms with E-state index in [0.29, 0.717) is 17.9 Å². The average molecular weight is 181 g/mol. The second kappa shape index (κ2) is 2.73. The van der Waals surface area contributed by atoms with Crippen molar-refractivity contribution in [1.82, 2.24) is 5.32 Å². The number of hydrogen-bond acceptors (Lipinski definition) is 1. The van der Waals surface area contributed by atoms with Crippen LogP contribution < -0.4 is 5.32 Å². The van der Waals surface area contributed by atoms with Gasteiger partial charge in [-0.2, -0.15) is 0 Å². The molecule has 3 saturated carbocycles. The van der Waals surface area contributed by atoms with Crippen molar-refractivity contribution < 1.29 is 4.79 Å². The maximum Gasteiger partial charge on any atom is 0.226 e. The highest BCUT2D eigenvalue weighted by atomic mass is 16.2. The molecule has 1 amide bonds. The van der Waals surface area contributed by atoms with Gasteiger partial charge < -0.3 is 5.32 Å². The van der Waals surface area contributed by atoms with E-state index in [4.69, 9.17) is 0 Å². The van der Waals surface area contributed by atoms with E-state index in [9.17, 15) is 4.79 Å². The van der Waals surface area contributed by atoms with Gasteiger partial charge in [0, 0.05) is 11.5 Å². The first-order chi connectivity index (χ1) is 6.03. The summed E-state index contributed by atoms with van der Waals surface area (Å²) in [6, 6.07) is 0.321. The zero-order valence-electron chi connectivity index (χ0n) is 8.76. The van der Waals surface area contributed by atoms with Crippen molar-refractivity contribution in [3.8, 4) is 0 Å². The van der Waals surface area contributed by atoms with Crippen LogP contribution in [0.4, 0.5) is 0 Å². The third-order valence-electron chi connectivity index (χ3n) is 3.88. The van der Waals surface area contributed by atoms with Gasteiger partial charge in [-0.05, 0) is 38.0 Å². The molecule has 1 unspecified atom stereocenters. The summed E-state index contributed by atoms with van der Waals surface area (Å²) in [6.45, 7) is 6.38. The van der Waals surface area contributed by atoms with Crippen LogP contribution >= 0.6 is 0 Å². The maximum absolute atomic E-state index is 11.8. The Kier molecular flexibility index (Phi) is 1.90. The summed E-state index contributed by atoms with van der Waals surface area (Å²) in [4.78, 5) is 11.8. The van der Waals surface area contributed by atoms with Crippen molar-refractivity contribution in [2.75, 3.05) is 0 Å². The summed E-state index contributed by atoms with van der Waals surface area (Å²) in [5.74, 6) is 1.74. The molecule has 0 aromatic carbocycles. The molecule has 74 valence electrons. The molecule has 0 radical (unpaired) electrons. The van der Waals surface area contributed by atoms with Gasteiger partial charge in [0.05, 0.1) is 0 Å². The molecule has 2 nitrogen and oxygen atoms in total. The molecule has 3 rings (SSSR count). The second-order valence-electron chi connectivity index (χ2n) is 5.26. The lowest BCUT2D eigenvalue weighted by Crippen LogP contribution is -2.61. The van der Waals surface area contributed by atoms with Crippen molar-refractivity contribution in [3.63, 3.8) is 0 Å². The standard InChI is InChI=1S/C11H19NO/c1-7(2)8(3)12-10(13)11-4-9(5-11)6-11/h7-9H,4-6H2,1-3H3,(H,12,13). The van der Waals surface area contributed by atoms with E-state index in [1.807, 2.05) is 0 Å². The van der Waals surface area contributed by atoms with E-state index in [1.165, 1.54) is 0 Å². The first-order valence-electron chi connectivity index (χ1n) is 5.34. The quantitative estimate of drug-likeness (QED) is 0.708. The molecule has 0 heterocycles. The molecule has 1 N–H and O–H groups in total. The molecule has 3 aliphatic carbocycles. The van der Waals surface area contributed by atoms with Crippen LogP contribution in [0.5, 0.6) is 0 Å². The van der Waals surface area contributed by atoms with Gasteiger partial charge in [-0.25, -0.2) is 0 Å². The predicted octanol–water partition coefficient (Wildman–Crippen LogP) is 1.95. The van der Waals surface area contributed by atoms with Crippen molar-refractivity contribution in [2.24, 2.45) is 17.3 Å². The van der Waals surface area contributed by atoms with Gasteiger partial charge in [0.1, 0.15) is 0 Å². The van der Waals surface area contributed by atoms with E-state index in [-0.39, 0.29) is 5.41 Å². The Bertz CT molecular complexity index is 217. The van der Waals surface area contributed by atoms with Gasteiger partial charge in [0.25, 0.3) is 0 Å². The molecular formula is C11H19NO. The highest BCUT2D eigenvalue weighted by molar-refractivity contribution is 5.85. The Hall–Kier alpha value is -0.530. The topological polar surface area (TPSA) is 29.1 Å². The van der Waals surface area contributed by atoms with Crippen LogP contribution in [0.2, 0.25) is 0 Å². The van der Waals surface area contributed by atoms with Gasteiger partial charge in [-0.1, -0.05) is 13.8 Å². The molecular weight excluding hydrogens is 162 g/mol. The lowest BCUT2D eigenvalue weighted by molar-refractivity contribution is -0.165. The molecule has 2 bridgehead atoms. The van der Waals surface area contributed by atoms with E-state index >= 15 is 0 Å². The minimum Gasteiger partial charge on any atom is -0.353 e. The summed E-state index contributed by atoms with van der Waals surface area (Å²) < 4.78 is 0. The fourth-order valence-corrected chi connectivity index (χ4v) is 2.28. The molecule has 3 fully saturated rings. The van der Waals surface area contributed by atoms with Crippen molar-refractivity contribution in [3.05, 3.63) is 0 Å². The Balaban J connectivity index is 1.84. The first-order valence-corrected chi connectivity index (χ1v) is 5.34. The third-order valence-corrected chi connectivity index (χ3v) is 3.88. The van der Waals surface area contributed by atoms with Gasteiger partial charge >= 0.3 is 0 Å². The Morgan fingerprint density at radius 3 is 2.15 bits per heavy atom. The largest absolute Gasteiger partial charge is 0.353 e. The molecule has 0 saturated heterocycles. The molecule has 0 spiro atoms. The summed E-state index contributed by atoms with van der Waals surface area (Å²) in [5.41, 5.74) is 0.0911. The fraction of sp³-hybridized carbons (Fsp3) is 0.909. The van der Waals surface area contributed by atoms with Crippen molar-refractivity contribution in [1.29, 1.82) is 0 Å². The summed E-state index contributed by atoms with van der Waals surface area (Å²) in [7, 11) is 0. The molecule has 0 aliphatic heterocycles. The van der Waals surface area contributed by atoms with Crippen molar-refractivity contribution >= 4 is 5.91 Å². The number of carbonyl (C=O) groups is 1. The zero-order valence-corrected chi connectivity index (χ0v) is 8.76. The van der Waals surface area contributed by atoms with Crippen LogP contribution in [0.25, 0.3) is 0 Å². The number of rotatable bonds is 3. The monoisotopic (exact) mass is 181 g/mol. The van der Waals surface area contributed by atoms with Crippen LogP contribution in [-0.4, -0.2) is 11.9 Å². The van der Waals surface area contributed by atoms with E-state index in [1.54, 1.807) is 0 Å². The van der Waals surface area contributed by atoms with Gasteiger partial charge in [0.15, 0.2) is 0 Å². The molecule has 0 aromatic rings. The Morgan fingerprint density at radius 1 is 1.31 bits per heavy atom. The fourth-order valence-electron chi connectivity index (χ4n) is 2.28. The smallest absolute Gasteiger partial charge is 0.226 e. The number of hydrogen-bond donors (Lipinski definition) is 1. The summed E-state index contributed by atoms with van der Waals surface area (Å²) >= 11 is 0. The Morgan fingerprint density at radius 2 is 1.85 bits per heavy atom. The molecule has 13 heavy (non-hydrogen) atoms. The van der Waals surface area contributed by atoms with Crippen molar-refractivity contribution in [2.45, 2.75) is 46.1 Å². The highest BCUT2D eigenvalue weighted by Gasteiger charge is 2.61. The highest BCUT2D eigenvalue weighted by Crippen LogP contribution is 2.64. The van der Waals surface area contributed by atoms with Crippen LogP contribution in [0.1, 0.15) is 40.0 Å². The minimum atomic E-state index is 0.0911. The summed E-state index contributed by atoms with van der Waals surface area (Å²) in [5, 5.41) is 3.12. The van der Waals surface area contributed by atoms with Gasteiger partial charge in [-0.15, -0.1) is 0 Å². The summed E-state index contributed by atoms with van der Waals surface area (Å²) in [6.07, 6.45) is 3.47. The van der Waals surface area contributed by atoms with E-state index in [0.717, 1.165) is 25.2 Å². The number of amides is 1. The van der Waals surface area contributed by atoms with Crippen LogP contribution in [0.15, 0.2) is 0 Å². The van der Waals surface area contributed by atoms with Crippen LogP contribution in [-0.2, 0) is 4.79 Å². The Labute approximate surface area is 80.1 Å². The minimum absolute atomic E-state index is 0.0911. The SMILES string of the molecule is CC(C)C(C)NC(=O)C12CC(C1)C2. The maximum atomic E-state index is 11.8. The zero-order chi connectivity index (χ0) is 9.64. The van der Waals surface area contributed by atoms with Crippen LogP contribution in [0.3, 0.4) is 0 Å². The van der Waals surface area contributed by atoms with Gasteiger partial charge in [0.2, 0.25) is 5.91 Å². The number of carbonyl (C=O) groups excluding carboxylic acids is 1. The normalized spacial score (nSPS) is 37.7. The second-order valence-corrected chi connectivity index (χ2v) is 5.26. The van der Waals surface area contributed by atoms with E-state index < -0.39 is 0 Å². The molecule has 3 aliphatic rings. The van der Waals surface area contributed by atoms with Gasteiger partial charge in [-0.3, -0.25) is 4.79 Å². The van der Waals surface area contributed by atoms with E-state index in [2.05, 4.69) is 26.1 Å². The molecule has 2 heteroatoms. The van der Waals surface area contributed by atoms with Crippen LogP contribution in [0, 0.1) is 17.3 Å². The predicted molar refractivity (Wildman–Crippen MR) is 52.2 cm³/mol. The number of nitrogens with one attached hydrogen (secondary N) is 1. The third kappa shape index (κ3) is 1.27. The average Bonchev–Trinajstić information content (AvgIpc) is 1.78.